The molecule has 15 heteroatoms. The fraction of sp³-hybridized carbons (Fsp3) is 0.538. The van der Waals surface area contributed by atoms with Crippen molar-refractivity contribution in [1.29, 1.82) is 0 Å². The van der Waals surface area contributed by atoms with Crippen LogP contribution < -0.4 is 31.8 Å². The second-order valence-corrected chi connectivity index (χ2v) is 10.4. The predicted molar refractivity (Wildman–Crippen MR) is 148 cm³/mol. The number of hydrogen-bond donors (Lipinski definition) is 3. The molecule has 2 heterocycles. The third-order valence-electron chi connectivity index (χ3n) is 6.45. The minimum absolute atomic E-state index is 0.115. The minimum Gasteiger partial charge on any atom is -0.495 e. The summed E-state index contributed by atoms with van der Waals surface area (Å²) in [4.78, 5) is 52.2. The molecular weight excluding hydrogens is 586 g/mol. The summed E-state index contributed by atoms with van der Waals surface area (Å²) in [6.07, 6.45) is -6.37. The highest BCUT2D eigenvalue weighted by Crippen LogP contribution is 2.36. The first kappa shape index (κ1) is 30.8. The number of nitrogens with one attached hydrogen (secondary N) is 2. The van der Waals surface area contributed by atoms with Gasteiger partial charge in [0.05, 0.1) is 17.2 Å². The largest absolute Gasteiger partial charge is 0.495 e. The Kier molecular flexibility index (Phi) is 10.3. The maximum atomic E-state index is 15.8. The number of rotatable bonds is 11. The molecular formula is C26H33Cl2FN4O8. The van der Waals surface area contributed by atoms with Gasteiger partial charge in [0, 0.05) is 25.7 Å². The van der Waals surface area contributed by atoms with Gasteiger partial charge in [-0.05, 0) is 25.3 Å². The van der Waals surface area contributed by atoms with Crippen LogP contribution in [-0.2, 0) is 25.5 Å². The van der Waals surface area contributed by atoms with E-state index in [0.717, 1.165) is 10.8 Å². The monoisotopic (exact) mass is 619 g/mol. The second kappa shape index (κ2) is 13.7. The number of carbonyl (C=O) groups is 2. The molecule has 1 amide bonds. The van der Waals surface area contributed by atoms with Crippen LogP contribution in [0.3, 0.4) is 0 Å². The van der Waals surface area contributed by atoms with Crippen molar-refractivity contribution in [2.24, 2.45) is 11.6 Å². The van der Waals surface area contributed by atoms with Crippen LogP contribution in [0.5, 0.6) is 11.5 Å². The average molecular weight is 620 g/mol. The highest BCUT2D eigenvalue weighted by molar-refractivity contribution is 6.36. The van der Waals surface area contributed by atoms with E-state index in [1.54, 1.807) is 6.92 Å². The number of nitrogens with two attached hydrogens (primary N) is 1. The Hall–Kier alpha value is -3.13. The van der Waals surface area contributed by atoms with E-state index < -0.39 is 65.8 Å². The lowest BCUT2D eigenvalue weighted by Crippen LogP contribution is -2.47. The van der Waals surface area contributed by atoms with E-state index in [1.165, 1.54) is 40.0 Å². The van der Waals surface area contributed by atoms with Crippen molar-refractivity contribution < 1.29 is 34.3 Å². The maximum Gasteiger partial charge on any atom is 0.330 e. The first-order chi connectivity index (χ1) is 19.6. The molecule has 0 saturated carbocycles. The van der Waals surface area contributed by atoms with Crippen LogP contribution in [0.4, 0.5) is 4.39 Å². The number of carbonyl (C=O) groups excluding carboxylic acids is 2. The Morgan fingerprint density at radius 2 is 1.90 bits per heavy atom. The van der Waals surface area contributed by atoms with Crippen LogP contribution in [0.1, 0.15) is 40.9 Å². The Labute approximate surface area is 246 Å². The molecule has 6 atom stereocenters. The lowest BCUT2D eigenvalue weighted by atomic mass is 10.1. The van der Waals surface area contributed by atoms with E-state index in [4.69, 9.17) is 49.3 Å². The number of methoxy groups -OCH3 is 1. The van der Waals surface area contributed by atoms with Gasteiger partial charge in [-0.1, -0.05) is 44.0 Å². The van der Waals surface area contributed by atoms with E-state index in [2.05, 4.69) is 10.3 Å². The summed E-state index contributed by atoms with van der Waals surface area (Å²) in [5.41, 5.74) is 4.45. The van der Waals surface area contributed by atoms with Crippen LogP contribution in [-0.4, -0.2) is 65.6 Å². The normalized spacial score (nSPS) is 22.4. The molecule has 1 aliphatic rings. The molecule has 1 unspecified atom stereocenters. The molecule has 1 fully saturated rings. The van der Waals surface area contributed by atoms with Crippen molar-refractivity contribution in [3.05, 3.63) is 54.8 Å². The zero-order valence-electron chi connectivity index (χ0n) is 24.0. The molecule has 1 aliphatic heterocycles. The van der Waals surface area contributed by atoms with Gasteiger partial charge < -0.3 is 30.0 Å². The summed E-state index contributed by atoms with van der Waals surface area (Å²) in [6.45, 7) is 5.49. The van der Waals surface area contributed by atoms with E-state index >= 15 is 4.39 Å². The molecule has 1 saturated heterocycles. The van der Waals surface area contributed by atoms with Crippen molar-refractivity contribution in [1.82, 2.24) is 14.9 Å². The molecule has 0 spiro atoms. The summed E-state index contributed by atoms with van der Waals surface area (Å²) in [7, 11) is 1.40. The highest BCUT2D eigenvalue weighted by Gasteiger charge is 2.49. The van der Waals surface area contributed by atoms with Gasteiger partial charge in [-0.25, -0.2) is 9.18 Å². The molecule has 0 radical (unpaired) electrons. The van der Waals surface area contributed by atoms with Crippen LogP contribution >= 0.6 is 23.2 Å². The van der Waals surface area contributed by atoms with Crippen molar-refractivity contribution >= 4 is 35.1 Å². The first-order valence-electron chi connectivity index (χ1n) is 13.2. The van der Waals surface area contributed by atoms with Crippen molar-refractivity contribution in [2.45, 2.75) is 70.9 Å². The van der Waals surface area contributed by atoms with E-state index in [-0.39, 0.29) is 40.1 Å². The van der Waals surface area contributed by atoms with Crippen molar-refractivity contribution in [2.75, 3.05) is 13.7 Å². The first-order valence-corrected chi connectivity index (χ1v) is 13.4. The van der Waals surface area contributed by atoms with Gasteiger partial charge in [0.2, 0.25) is 0 Å². The fourth-order valence-corrected chi connectivity index (χ4v) is 4.49. The third kappa shape index (κ3) is 7.39. The third-order valence-corrected chi connectivity index (χ3v) is 7.04. The number of aromatic nitrogens is 2. The number of aryl methyl sites for hydroxylation is 1. The van der Waals surface area contributed by atoms with Gasteiger partial charge in [-0.3, -0.25) is 23.9 Å². The zero-order valence-corrected chi connectivity index (χ0v) is 24.5. The SMILES string of the molecule is [2H]C(C)(C)[C@H](N)C(=O)O[C@H]1[C@H](F)C(n2cc(CC)c(=O)[nH]c2=O)O[C@@H]1CNC(=O)[C@H](C)Oc1cc(OC)c(Cl)cc1Cl. The summed E-state index contributed by atoms with van der Waals surface area (Å²) >= 11 is 12.2. The molecule has 0 aliphatic carbocycles. The number of halogens is 3. The maximum absolute atomic E-state index is 15.8. The number of H-pyrrole nitrogens is 1. The molecule has 12 nitrogen and oxygen atoms in total. The van der Waals surface area contributed by atoms with Crippen LogP contribution in [0, 0.1) is 5.89 Å². The molecule has 3 rings (SSSR count). The molecule has 41 heavy (non-hydrogen) atoms. The lowest BCUT2D eigenvalue weighted by molar-refractivity contribution is -0.156. The van der Waals surface area contributed by atoms with Crippen LogP contribution in [0.2, 0.25) is 10.0 Å². The number of nitrogens with zero attached hydrogens (tertiary/aromatic N) is 1. The van der Waals surface area contributed by atoms with E-state index in [1.807, 2.05) is 0 Å². The number of aromatic amines is 1. The van der Waals surface area contributed by atoms with Gasteiger partial charge in [0.15, 0.2) is 24.6 Å². The summed E-state index contributed by atoms with van der Waals surface area (Å²) in [6, 6.07) is 1.36. The van der Waals surface area contributed by atoms with Gasteiger partial charge in [-0.2, -0.15) is 0 Å². The molecule has 0 bridgehead atoms. The Morgan fingerprint density at radius 3 is 2.51 bits per heavy atom. The van der Waals surface area contributed by atoms with E-state index in [9.17, 15) is 19.2 Å². The minimum atomic E-state index is -2.11. The Balaban J connectivity index is 1.82. The second-order valence-electron chi connectivity index (χ2n) is 9.56. The summed E-state index contributed by atoms with van der Waals surface area (Å²) < 4.78 is 46.6. The topological polar surface area (TPSA) is 164 Å². The van der Waals surface area contributed by atoms with Gasteiger partial charge in [0.25, 0.3) is 11.5 Å². The van der Waals surface area contributed by atoms with Crippen LogP contribution in [0.25, 0.3) is 0 Å². The average Bonchev–Trinajstić information content (AvgIpc) is 3.22. The summed E-state index contributed by atoms with van der Waals surface area (Å²) in [5.74, 6) is -2.80. The highest BCUT2D eigenvalue weighted by atomic mass is 35.5. The number of benzene rings is 1. The van der Waals surface area contributed by atoms with Gasteiger partial charge >= 0.3 is 11.7 Å². The Bertz CT molecular complexity index is 1430. The van der Waals surface area contributed by atoms with Crippen molar-refractivity contribution in [3.8, 4) is 11.5 Å². The molecule has 2 aromatic rings. The Morgan fingerprint density at radius 1 is 1.24 bits per heavy atom. The van der Waals surface area contributed by atoms with E-state index in [0.29, 0.717) is 0 Å². The predicted octanol–water partition coefficient (Wildman–Crippen LogP) is 2.13. The standard InChI is InChI=1S/C26H33Cl2FN4O8/c1-6-13-10-33(26(37)32-23(13)35)24-19(29)21(41-25(36)20(30)11(2)3)18(40-24)9-31-22(34)12(4)39-17-8-16(38-5)14(27)7-15(17)28/h7-8,10-12,18-21,24H,6,9,30H2,1-5H3,(H,31,34)(H,32,35,37)/t12-,18+,19-,20-,21+,24?/m0/s1/i11D. The zero-order chi connectivity index (χ0) is 31.5. The number of alkyl halides is 1. The quantitative estimate of drug-likeness (QED) is 0.319. The number of hydrogen-bond acceptors (Lipinski definition) is 9. The van der Waals surface area contributed by atoms with Gasteiger partial charge in [-0.15, -0.1) is 0 Å². The molecule has 1 aromatic heterocycles. The number of amides is 1. The van der Waals surface area contributed by atoms with Crippen molar-refractivity contribution in [3.63, 3.8) is 0 Å². The lowest BCUT2D eigenvalue weighted by Gasteiger charge is -2.23. The van der Waals surface area contributed by atoms with Crippen LogP contribution in [0.15, 0.2) is 27.9 Å². The number of esters is 1. The number of ether oxygens (including phenoxy) is 4. The fourth-order valence-electron chi connectivity index (χ4n) is 3.98. The smallest absolute Gasteiger partial charge is 0.330 e. The summed E-state index contributed by atoms with van der Waals surface area (Å²) in [5, 5.41) is 2.91. The molecule has 226 valence electrons. The molecule has 4 N–H and O–H groups in total. The molecule has 1 aromatic carbocycles. The van der Waals surface area contributed by atoms with Gasteiger partial charge in [0.1, 0.15) is 23.6 Å².